The van der Waals surface area contributed by atoms with Crippen LogP contribution in [0.1, 0.15) is 39.9 Å². The number of benzene rings is 2. The fraction of sp³-hybridized carbons (Fsp3) is 0.214. The van der Waals surface area contributed by atoms with Gasteiger partial charge in [0.15, 0.2) is 23.2 Å². The van der Waals surface area contributed by atoms with Crippen molar-refractivity contribution in [1.82, 2.24) is 14.0 Å². The van der Waals surface area contributed by atoms with Gasteiger partial charge in [0, 0.05) is 36.4 Å². The molecule has 3 aromatic heterocycles. The Morgan fingerprint density at radius 3 is 2.46 bits per heavy atom. The third-order valence-electron chi connectivity index (χ3n) is 7.10. The fourth-order valence-corrected chi connectivity index (χ4v) is 5.27. The molecular formula is C28H19F6N3O2. The molecule has 6 rings (SSSR count). The summed E-state index contributed by atoms with van der Waals surface area (Å²) in [5, 5.41) is 0. The van der Waals surface area contributed by atoms with Gasteiger partial charge in [0.2, 0.25) is 5.78 Å². The van der Waals surface area contributed by atoms with Crippen LogP contribution in [0.5, 0.6) is 5.75 Å². The molecule has 2 aromatic carbocycles. The number of rotatable bonds is 2. The molecule has 11 heteroatoms. The van der Waals surface area contributed by atoms with Gasteiger partial charge < -0.3 is 13.7 Å². The largest absolute Gasteiger partial charge is 0.487 e. The number of imidazole rings is 1. The number of aromatic nitrogens is 3. The second-order valence-corrected chi connectivity index (χ2v) is 9.62. The van der Waals surface area contributed by atoms with Crippen molar-refractivity contribution in [2.24, 2.45) is 7.05 Å². The van der Waals surface area contributed by atoms with Gasteiger partial charge in [-0.1, -0.05) is 6.07 Å². The average molecular weight is 543 g/mol. The van der Waals surface area contributed by atoms with Gasteiger partial charge in [-0.2, -0.15) is 13.2 Å². The molecule has 0 fully saturated rings. The number of carbonyl (C=O) groups excluding carboxylic acids is 1. The van der Waals surface area contributed by atoms with Crippen molar-refractivity contribution in [3.63, 3.8) is 0 Å². The summed E-state index contributed by atoms with van der Waals surface area (Å²) in [5.41, 5.74) is -0.142. The Morgan fingerprint density at radius 1 is 1.10 bits per heavy atom. The highest BCUT2D eigenvalue weighted by atomic mass is 19.4. The van der Waals surface area contributed by atoms with E-state index in [9.17, 15) is 31.1 Å². The number of alkyl halides is 3. The zero-order valence-electron chi connectivity index (χ0n) is 20.8. The average Bonchev–Trinajstić information content (AvgIpc) is 3.37. The minimum atomic E-state index is -4.76. The fourth-order valence-electron chi connectivity index (χ4n) is 5.27. The van der Waals surface area contributed by atoms with Crippen molar-refractivity contribution < 1.29 is 35.9 Å². The van der Waals surface area contributed by atoms with E-state index in [0.29, 0.717) is 29.0 Å². The molecule has 1 unspecified atom stereocenters. The van der Waals surface area contributed by atoms with Crippen LogP contribution in [0.4, 0.5) is 26.3 Å². The van der Waals surface area contributed by atoms with Gasteiger partial charge in [0.25, 0.3) is 0 Å². The van der Waals surface area contributed by atoms with Crippen molar-refractivity contribution in [2.45, 2.75) is 32.5 Å². The van der Waals surface area contributed by atoms with Crippen LogP contribution in [-0.2, 0) is 19.6 Å². The molecule has 0 N–H and O–H groups in total. The maximum absolute atomic E-state index is 14.5. The van der Waals surface area contributed by atoms with Crippen LogP contribution in [0.3, 0.4) is 0 Å². The smallest absolute Gasteiger partial charge is 0.417 e. The molecule has 5 aromatic rings. The highest BCUT2D eigenvalue weighted by Crippen LogP contribution is 2.49. The van der Waals surface area contributed by atoms with E-state index in [1.54, 1.807) is 25.5 Å². The number of aryl methyl sites for hydroxylation is 2. The van der Waals surface area contributed by atoms with Gasteiger partial charge in [0.1, 0.15) is 17.4 Å². The van der Waals surface area contributed by atoms with Crippen LogP contribution in [0.25, 0.3) is 27.7 Å². The predicted molar refractivity (Wildman–Crippen MR) is 130 cm³/mol. The minimum absolute atomic E-state index is 0.0217. The number of ketones is 1. The maximum atomic E-state index is 14.5. The van der Waals surface area contributed by atoms with Crippen molar-refractivity contribution in [1.29, 1.82) is 0 Å². The number of hydrogen-bond donors (Lipinski definition) is 0. The van der Waals surface area contributed by atoms with Crippen LogP contribution >= 0.6 is 0 Å². The number of fused-ring (bicyclic) bond motifs is 4. The summed E-state index contributed by atoms with van der Waals surface area (Å²) in [5.74, 6) is -5.12. The van der Waals surface area contributed by atoms with Crippen LogP contribution < -0.4 is 4.74 Å². The summed E-state index contributed by atoms with van der Waals surface area (Å²) >= 11 is 0. The lowest BCUT2D eigenvalue weighted by molar-refractivity contribution is -0.137. The first-order valence-corrected chi connectivity index (χ1v) is 11.9. The quantitative estimate of drug-likeness (QED) is 0.140. The Bertz CT molecular complexity index is 1830. The number of pyridine rings is 1. The molecule has 200 valence electrons. The lowest BCUT2D eigenvalue weighted by Gasteiger charge is -2.25. The Hall–Kier alpha value is -4.28. The van der Waals surface area contributed by atoms with Crippen LogP contribution in [0.2, 0.25) is 0 Å². The van der Waals surface area contributed by atoms with E-state index in [1.807, 2.05) is 0 Å². The summed E-state index contributed by atoms with van der Waals surface area (Å²) in [7, 11) is 1.62. The normalized spacial score (nSPS) is 15.3. The first-order valence-electron chi connectivity index (χ1n) is 11.9. The van der Waals surface area contributed by atoms with Gasteiger partial charge >= 0.3 is 6.18 Å². The van der Waals surface area contributed by atoms with Gasteiger partial charge in [-0.25, -0.2) is 18.2 Å². The topological polar surface area (TPSA) is 48.5 Å². The van der Waals surface area contributed by atoms with Crippen molar-refractivity contribution in [3.05, 3.63) is 88.3 Å². The summed E-state index contributed by atoms with van der Waals surface area (Å²) < 4.78 is 94.1. The second-order valence-electron chi connectivity index (χ2n) is 9.62. The highest BCUT2D eigenvalue weighted by Gasteiger charge is 2.39. The summed E-state index contributed by atoms with van der Waals surface area (Å²) in [6, 6.07) is 6.64. The van der Waals surface area contributed by atoms with E-state index in [0.717, 1.165) is 6.07 Å². The van der Waals surface area contributed by atoms with E-state index < -0.39 is 46.6 Å². The Labute approximate surface area is 217 Å². The molecule has 39 heavy (non-hydrogen) atoms. The van der Waals surface area contributed by atoms with Gasteiger partial charge in [-0.15, -0.1) is 0 Å². The molecular weight excluding hydrogens is 524 g/mol. The first-order chi connectivity index (χ1) is 18.4. The second kappa shape index (κ2) is 8.36. The van der Waals surface area contributed by atoms with Gasteiger partial charge in [0.05, 0.1) is 22.3 Å². The number of halogens is 6. The number of nitrogens with zero attached hydrogens (tertiary/aromatic N) is 3. The van der Waals surface area contributed by atoms with E-state index in [-0.39, 0.29) is 40.0 Å². The first kappa shape index (κ1) is 25.0. The molecule has 0 spiro atoms. The third kappa shape index (κ3) is 3.70. The van der Waals surface area contributed by atoms with Crippen molar-refractivity contribution in [2.75, 3.05) is 0 Å². The lowest BCUT2D eigenvalue weighted by Crippen LogP contribution is -2.19. The number of ether oxygens (including phenoxy) is 1. The Kier molecular flexibility index (Phi) is 5.36. The van der Waals surface area contributed by atoms with Crippen LogP contribution in [-0.4, -0.2) is 25.8 Å². The van der Waals surface area contributed by atoms with Crippen molar-refractivity contribution >= 4 is 22.3 Å². The Balaban J connectivity index is 1.69. The van der Waals surface area contributed by atoms with E-state index in [2.05, 4.69) is 4.98 Å². The van der Waals surface area contributed by atoms with Gasteiger partial charge in [-0.05, 0) is 49.7 Å². The zero-order valence-corrected chi connectivity index (χ0v) is 20.8. The maximum Gasteiger partial charge on any atom is 0.417 e. The highest BCUT2D eigenvalue weighted by molar-refractivity contribution is 6.10. The molecule has 0 saturated heterocycles. The molecule has 0 bridgehead atoms. The lowest BCUT2D eigenvalue weighted by atomic mass is 9.93. The minimum Gasteiger partial charge on any atom is -0.487 e. The molecule has 0 radical (unpaired) electrons. The molecule has 5 nitrogen and oxygen atoms in total. The number of hydrogen-bond acceptors (Lipinski definition) is 3. The molecule has 1 aliphatic rings. The summed E-state index contributed by atoms with van der Waals surface area (Å²) in [6.45, 7) is 3.37. The molecule has 1 aliphatic heterocycles. The van der Waals surface area contributed by atoms with Gasteiger partial charge in [-0.3, -0.25) is 4.79 Å². The molecule has 4 heterocycles. The van der Waals surface area contributed by atoms with Crippen LogP contribution in [0.15, 0.2) is 42.6 Å². The summed E-state index contributed by atoms with van der Waals surface area (Å²) in [6.07, 6.45) is -3.69. The monoisotopic (exact) mass is 543 g/mol. The summed E-state index contributed by atoms with van der Waals surface area (Å²) in [4.78, 5) is 17.9. The molecule has 0 aliphatic carbocycles. The molecule has 0 amide bonds. The van der Waals surface area contributed by atoms with E-state index in [1.165, 1.54) is 28.8 Å². The molecule has 0 saturated carbocycles. The predicted octanol–water partition coefficient (Wildman–Crippen LogP) is 6.79. The van der Waals surface area contributed by atoms with Crippen molar-refractivity contribution in [3.8, 4) is 16.9 Å². The molecule has 1 atom stereocenters. The SMILES string of the molecule is Cc1nc2c3c(c(C(F)(F)F)cc2n1C)-c1cccn2c(C(=O)c4cc(F)c(F)c(F)c4)cc(c12)CC(C)O3. The van der Waals surface area contributed by atoms with E-state index in [4.69, 9.17) is 4.74 Å². The van der Waals surface area contributed by atoms with E-state index >= 15 is 0 Å². The Morgan fingerprint density at radius 2 is 1.79 bits per heavy atom. The zero-order chi connectivity index (χ0) is 28.0. The standard InChI is InChI=1S/C28H19F6N3O2/c1-12-7-14-10-21(26(38)15-8-18(29)23(31)19(30)9-15)37-6-4-5-16(25(14)37)22-17(28(32,33)34)11-20-24(27(22)39-12)35-13(2)36(20)3/h4-6,8-12H,7H2,1-3H3. The third-order valence-corrected chi connectivity index (χ3v) is 7.10. The number of carbonyl (C=O) groups is 1. The van der Waals surface area contributed by atoms with Crippen LogP contribution in [0, 0.1) is 24.4 Å².